The Labute approximate surface area is 130 Å². The predicted molar refractivity (Wildman–Crippen MR) is 83.6 cm³/mol. The Hall–Kier alpha value is -3.09. The predicted octanol–water partition coefficient (Wildman–Crippen LogP) is 3.29. The van der Waals surface area contributed by atoms with Crippen LogP contribution >= 0.6 is 0 Å². The van der Waals surface area contributed by atoms with Crippen LogP contribution in [0.4, 0.5) is 10.2 Å². The summed E-state index contributed by atoms with van der Waals surface area (Å²) in [5.74, 6) is 0.364. The molecule has 2 heterocycles. The largest absolute Gasteiger partial charge is 0.415 e. The highest BCUT2D eigenvalue weighted by atomic mass is 19.1. The molecule has 0 aliphatic heterocycles. The number of anilines is 1. The summed E-state index contributed by atoms with van der Waals surface area (Å²) in [5.41, 5.74) is 8.31. The molecule has 0 unspecified atom stereocenters. The standard InChI is InChI=1S/C16H12FN5O/c17-10-5-3-4-9(8-10)15-21-22-16(23-15)13-14(18)20-12-7-2-1-6-11(12)19-13/h1-2,5-8H,3-4H2,(H2,18,20). The molecule has 2 aromatic heterocycles. The minimum atomic E-state index is -0.295. The molecule has 2 N–H and O–H groups in total. The molecule has 6 nitrogen and oxygen atoms in total. The van der Waals surface area contributed by atoms with Crippen molar-refractivity contribution in [1.82, 2.24) is 20.2 Å². The van der Waals surface area contributed by atoms with E-state index in [1.807, 2.05) is 24.3 Å². The fourth-order valence-electron chi connectivity index (χ4n) is 2.45. The van der Waals surface area contributed by atoms with Gasteiger partial charge in [0.15, 0.2) is 11.5 Å². The molecule has 1 aliphatic rings. The van der Waals surface area contributed by atoms with E-state index in [2.05, 4.69) is 20.2 Å². The molecule has 0 saturated carbocycles. The van der Waals surface area contributed by atoms with Crippen LogP contribution in [0.15, 0.2) is 46.7 Å². The zero-order valence-corrected chi connectivity index (χ0v) is 12.0. The number of rotatable bonds is 2. The summed E-state index contributed by atoms with van der Waals surface area (Å²) in [7, 11) is 0. The summed E-state index contributed by atoms with van der Waals surface area (Å²) < 4.78 is 19.0. The molecule has 0 saturated heterocycles. The number of halogens is 1. The first-order valence-electron chi connectivity index (χ1n) is 7.13. The lowest BCUT2D eigenvalue weighted by molar-refractivity contribution is 0.546. The molecule has 0 fully saturated rings. The van der Waals surface area contributed by atoms with Gasteiger partial charge in [0.2, 0.25) is 5.89 Å². The van der Waals surface area contributed by atoms with E-state index in [4.69, 9.17) is 10.2 Å². The van der Waals surface area contributed by atoms with Crippen LogP contribution in [0.1, 0.15) is 18.7 Å². The van der Waals surface area contributed by atoms with E-state index in [9.17, 15) is 4.39 Å². The molecule has 1 aromatic carbocycles. The highest BCUT2D eigenvalue weighted by Crippen LogP contribution is 2.29. The Morgan fingerprint density at radius 3 is 2.57 bits per heavy atom. The Kier molecular flexibility index (Phi) is 3.11. The second-order valence-electron chi connectivity index (χ2n) is 5.16. The minimum Gasteiger partial charge on any atom is -0.415 e. The molecule has 3 aromatic rings. The Morgan fingerprint density at radius 1 is 1.04 bits per heavy atom. The Bertz CT molecular complexity index is 960. The van der Waals surface area contributed by atoms with Crippen molar-refractivity contribution >= 4 is 22.4 Å². The van der Waals surface area contributed by atoms with Crippen LogP contribution in [-0.2, 0) is 0 Å². The van der Waals surface area contributed by atoms with Crippen molar-refractivity contribution < 1.29 is 8.81 Å². The van der Waals surface area contributed by atoms with Gasteiger partial charge >= 0.3 is 0 Å². The highest BCUT2D eigenvalue weighted by molar-refractivity contribution is 5.80. The number of para-hydroxylation sites is 2. The maximum absolute atomic E-state index is 13.3. The number of allylic oxidation sites excluding steroid dienone is 4. The zero-order valence-electron chi connectivity index (χ0n) is 12.0. The van der Waals surface area contributed by atoms with E-state index in [1.54, 1.807) is 0 Å². The molecule has 0 radical (unpaired) electrons. The van der Waals surface area contributed by atoms with Crippen LogP contribution in [0.25, 0.3) is 28.2 Å². The third-order valence-corrected chi connectivity index (χ3v) is 3.56. The van der Waals surface area contributed by atoms with E-state index < -0.39 is 0 Å². The van der Waals surface area contributed by atoms with Gasteiger partial charge in [0.25, 0.3) is 5.89 Å². The molecule has 0 atom stereocenters. The third-order valence-electron chi connectivity index (χ3n) is 3.56. The number of nitrogen functional groups attached to an aromatic ring is 1. The number of nitrogens with two attached hydrogens (primary N) is 1. The fraction of sp³-hybridized carbons (Fsp3) is 0.125. The Morgan fingerprint density at radius 2 is 1.78 bits per heavy atom. The van der Waals surface area contributed by atoms with Crippen LogP contribution in [-0.4, -0.2) is 20.2 Å². The number of hydrogen-bond acceptors (Lipinski definition) is 6. The summed E-state index contributed by atoms with van der Waals surface area (Å²) in [6.45, 7) is 0. The number of aromatic nitrogens is 4. The van der Waals surface area contributed by atoms with Gasteiger partial charge in [-0.1, -0.05) is 12.1 Å². The van der Waals surface area contributed by atoms with Crippen LogP contribution in [0.2, 0.25) is 0 Å². The van der Waals surface area contributed by atoms with E-state index in [1.165, 1.54) is 12.2 Å². The quantitative estimate of drug-likeness (QED) is 0.781. The molecular formula is C16H12FN5O. The summed E-state index contributed by atoms with van der Waals surface area (Å²) in [6, 6.07) is 7.37. The third kappa shape index (κ3) is 2.46. The number of benzene rings is 1. The van der Waals surface area contributed by atoms with Crippen molar-refractivity contribution in [2.75, 3.05) is 5.73 Å². The second kappa shape index (κ2) is 5.28. The van der Waals surface area contributed by atoms with E-state index in [-0.39, 0.29) is 23.4 Å². The number of nitrogens with zero attached hydrogens (tertiary/aromatic N) is 4. The monoisotopic (exact) mass is 309 g/mol. The summed E-state index contributed by atoms with van der Waals surface area (Å²) in [5, 5.41) is 7.94. The van der Waals surface area contributed by atoms with Crippen molar-refractivity contribution in [2.24, 2.45) is 0 Å². The SMILES string of the molecule is Nc1nc2ccccc2nc1-c1nnc(C2=CC(F)=CCC2)o1. The van der Waals surface area contributed by atoms with E-state index >= 15 is 0 Å². The van der Waals surface area contributed by atoms with Gasteiger partial charge in [-0.3, -0.25) is 0 Å². The fourth-order valence-corrected chi connectivity index (χ4v) is 2.45. The Balaban J connectivity index is 1.77. The zero-order chi connectivity index (χ0) is 15.8. The van der Waals surface area contributed by atoms with Crippen LogP contribution < -0.4 is 5.73 Å². The summed E-state index contributed by atoms with van der Waals surface area (Å²) in [4.78, 5) is 8.72. The number of fused-ring (bicyclic) bond motifs is 1. The summed E-state index contributed by atoms with van der Waals surface area (Å²) >= 11 is 0. The van der Waals surface area contributed by atoms with Crippen molar-refractivity contribution in [3.05, 3.63) is 48.1 Å². The van der Waals surface area contributed by atoms with E-state index in [0.717, 1.165) is 0 Å². The first-order valence-corrected chi connectivity index (χ1v) is 7.13. The minimum absolute atomic E-state index is 0.173. The highest BCUT2D eigenvalue weighted by Gasteiger charge is 2.18. The lowest BCUT2D eigenvalue weighted by Gasteiger charge is -2.05. The van der Waals surface area contributed by atoms with Gasteiger partial charge in [0.1, 0.15) is 5.83 Å². The first kappa shape index (κ1) is 13.6. The average molecular weight is 309 g/mol. The average Bonchev–Trinajstić information content (AvgIpc) is 3.04. The normalized spacial score (nSPS) is 14.7. The maximum atomic E-state index is 13.3. The summed E-state index contributed by atoms with van der Waals surface area (Å²) in [6.07, 6.45) is 4.17. The lowest BCUT2D eigenvalue weighted by Crippen LogP contribution is -1.98. The van der Waals surface area contributed by atoms with Gasteiger partial charge in [-0.05, 0) is 37.1 Å². The smallest absolute Gasteiger partial charge is 0.270 e. The molecule has 0 bridgehead atoms. The lowest BCUT2D eigenvalue weighted by atomic mass is 10.0. The van der Waals surface area contributed by atoms with Gasteiger partial charge < -0.3 is 10.2 Å². The molecular weight excluding hydrogens is 297 g/mol. The molecule has 23 heavy (non-hydrogen) atoms. The molecule has 4 rings (SSSR count). The van der Waals surface area contributed by atoms with Gasteiger partial charge in [-0.2, -0.15) is 0 Å². The van der Waals surface area contributed by atoms with E-state index in [0.29, 0.717) is 35.1 Å². The molecule has 7 heteroatoms. The van der Waals surface area contributed by atoms with Crippen molar-refractivity contribution in [2.45, 2.75) is 12.8 Å². The maximum Gasteiger partial charge on any atom is 0.270 e. The first-order chi connectivity index (χ1) is 11.2. The van der Waals surface area contributed by atoms with Crippen molar-refractivity contribution in [3.8, 4) is 11.6 Å². The van der Waals surface area contributed by atoms with Gasteiger partial charge in [0.05, 0.1) is 11.0 Å². The second-order valence-corrected chi connectivity index (χ2v) is 5.16. The molecule has 114 valence electrons. The number of hydrogen-bond donors (Lipinski definition) is 1. The van der Waals surface area contributed by atoms with Crippen LogP contribution in [0.5, 0.6) is 0 Å². The van der Waals surface area contributed by atoms with Crippen molar-refractivity contribution in [3.63, 3.8) is 0 Å². The van der Waals surface area contributed by atoms with Crippen molar-refractivity contribution in [1.29, 1.82) is 0 Å². The van der Waals surface area contributed by atoms with Crippen LogP contribution in [0, 0.1) is 0 Å². The molecule has 0 spiro atoms. The van der Waals surface area contributed by atoms with Gasteiger partial charge in [-0.25, -0.2) is 14.4 Å². The molecule has 1 aliphatic carbocycles. The topological polar surface area (TPSA) is 90.7 Å². The van der Waals surface area contributed by atoms with Gasteiger partial charge in [-0.15, -0.1) is 10.2 Å². The van der Waals surface area contributed by atoms with Gasteiger partial charge in [0, 0.05) is 5.57 Å². The van der Waals surface area contributed by atoms with Crippen LogP contribution in [0.3, 0.4) is 0 Å². The molecule has 0 amide bonds.